The fourth-order valence-corrected chi connectivity index (χ4v) is 1.80. The quantitative estimate of drug-likeness (QED) is 0.828. The number of benzene rings is 1. The summed E-state index contributed by atoms with van der Waals surface area (Å²) < 4.78 is 13.8. The van der Waals surface area contributed by atoms with E-state index in [1.807, 2.05) is 0 Å². The van der Waals surface area contributed by atoms with Crippen molar-refractivity contribution < 1.29 is 14.3 Å². The van der Waals surface area contributed by atoms with Crippen LogP contribution in [-0.2, 0) is 11.4 Å². The molecule has 0 fully saturated rings. The zero-order chi connectivity index (χ0) is 13.7. The molecule has 5 heteroatoms. The van der Waals surface area contributed by atoms with Gasteiger partial charge in [0.2, 0.25) is 5.91 Å². The molecule has 0 bridgehead atoms. The minimum Gasteiger partial charge on any atom is -0.392 e. The van der Waals surface area contributed by atoms with Gasteiger partial charge in [0.05, 0.1) is 18.2 Å². The van der Waals surface area contributed by atoms with Crippen molar-refractivity contribution in [2.24, 2.45) is 5.92 Å². The van der Waals surface area contributed by atoms with E-state index in [9.17, 15) is 9.18 Å². The molecule has 0 heterocycles. The Bertz CT molecular complexity index is 423. The van der Waals surface area contributed by atoms with Crippen LogP contribution >= 0.6 is 0 Å². The van der Waals surface area contributed by atoms with E-state index >= 15 is 0 Å². The number of rotatable bonds is 5. The van der Waals surface area contributed by atoms with Gasteiger partial charge < -0.3 is 15.3 Å². The van der Waals surface area contributed by atoms with Crippen molar-refractivity contribution in [2.45, 2.75) is 13.5 Å². The van der Waals surface area contributed by atoms with Gasteiger partial charge in [0.25, 0.3) is 0 Å². The molecule has 100 valence electrons. The van der Waals surface area contributed by atoms with E-state index in [-0.39, 0.29) is 18.4 Å². The lowest BCUT2D eigenvalue weighted by atomic mass is 10.1. The number of hydrogen-bond acceptors (Lipinski definition) is 3. The van der Waals surface area contributed by atoms with Gasteiger partial charge in [-0.1, -0.05) is 13.0 Å². The highest BCUT2D eigenvalue weighted by atomic mass is 19.1. The van der Waals surface area contributed by atoms with Gasteiger partial charge in [-0.05, 0) is 17.7 Å². The van der Waals surface area contributed by atoms with E-state index in [4.69, 9.17) is 5.11 Å². The number of anilines is 1. The summed E-state index contributed by atoms with van der Waals surface area (Å²) in [6.07, 6.45) is 0. The van der Waals surface area contributed by atoms with Crippen LogP contribution in [0.4, 0.5) is 10.1 Å². The normalized spacial score (nSPS) is 12.1. The van der Waals surface area contributed by atoms with Gasteiger partial charge in [0, 0.05) is 20.6 Å². The van der Waals surface area contributed by atoms with Gasteiger partial charge in [-0.25, -0.2) is 4.39 Å². The van der Waals surface area contributed by atoms with Crippen LogP contribution in [-0.4, -0.2) is 31.7 Å². The Morgan fingerprint density at radius 2 is 2.22 bits per heavy atom. The number of hydrogen-bond donors (Lipinski definition) is 2. The van der Waals surface area contributed by atoms with Gasteiger partial charge in [-0.2, -0.15) is 0 Å². The molecule has 0 spiro atoms. The molecule has 0 radical (unpaired) electrons. The number of aliphatic hydroxyl groups excluding tert-OH is 1. The number of carbonyl (C=O) groups excluding carboxylic acids is 1. The van der Waals surface area contributed by atoms with Crippen LogP contribution in [0.15, 0.2) is 18.2 Å². The van der Waals surface area contributed by atoms with Crippen molar-refractivity contribution in [3.8, 4) is 0 Å². The second kappa shape index (κ2) is 6.35. The molecule has 1 atom stereocenters. The molecule has 0 aliphatic rings. The standard InChI is InChI=1S/C13H19FN2O2/c1-9(13(18)15-2)7-16(3)12-5-4-10(8-17)6-11(12)14/h4-6,9,17H,7-8H2,1-3H3,(H,15,18). The van der Waals surface area contributed by atoms with Crippen LogP contribution in [0.2, 0.25) is 0 Å². The first-order valence-corrected chi connectivity index (χ1v) is 5.81. The Kier molecular flexibility index (Phi) is 5.09. The summed E-state index contributed by atoms with van der Waals surface area (Å²) in [4.78, 5) is 13.1. The van der Waals surface area contributed by atoms with E-state index in [2.05, 4.69) is 5.32 Å². The molecule has 0 aliphatic carbocycles. The van der Waals surface area contributed by atoms with E-state index in [1.54, 1.807) is 38.1 Å². The molecular weight excluding hydrogens is 235 g/mol. The third kappa shape index (κ3) is 3.43. The van der Waals surface area contributed by atoms with Crippen molar-refractivity contribution in [2.75, 3.05) is 25.5 Å². The van der Waals surface area contributed by atoms with Crippen molar-refractivity contribution in [1.82, 2.24) is 5.32 Å². The number of halogens is 1. The predicted molar refractivity (Wildman–Crippen MR) is 68.8 cm³/mol. The second-order valence-electron chi connectivity index (χ2n) is 4.34. The van der Waals surface area contributed by atoms with E-state index < -0.39 is 5.82 Å². The minimum absolute atomic E-state index is 0.0748. The molecule has 18 heavy (non-hydrogen) atoms. The highest BCUT2D eigenvalue weighted by Gasteiger charge is 2.16. The number of amides is 1. The predicted octanol–water partition coefficient (Wildman–Crippen LogP) is 1.14. The van der Waals surface area contributed by atoms with Gasteiger partial charge in [-0.3, -0.25) is 4.79 Å². The topological polar surface area (TPSA) is 52.6 Å². The molecule has 1 rings (SSSR count). The molecule has 0 aliphatic heterocycles. The molecular formula is C13H19FN2O2. The summed E-state index contributed by atoms with van der Waals surface area (Å²) in [7, 11) is 3.31. The van der Waals surface area contributed by atoms with Crippen LogP contribution in [0.25, 0.3) is 0 Å². The molecule has 1 amide bonds. The summed E-state index contributed by atoms with van der Waals surface area (Å²) in [5.74, 6) is -0.695. The average Bonchev–Trinajstić information content (AvgIpc) is 2.37. The van der Waals surface area contributed by atoms with Gasteiger partial charge in [-0.15, -0.1) is 0 Å². The maximum atomic E-state index is 13.8. The second-order valence-corrected chi connectivity index (χ2v) is 4.34. The average molecular weight is 254 g/mol. The lowest BCUT2D eigenvalue weighted by molar-refractivity contribution is -0.123. The molecule has 2 N–H and O–H groups in total. The molecule has 1 aromatic rings. The third-order valence-electron chi connectivity index (χ3n) is 2.85. The Morgan fingerprint density at radius 1 is 1.56 bits per heavy atom. The monoisotopic (exact) mass is 254 g/mol. The SMILES string of the molecule is CNC(=O)C(C)CN(C)c1ccc(CO)cc1F. The van der Waals surface area contributed by atoms with Gasteiger partial charge >= 0.3 is 0 Å². The van der Waals surface area contributed by atoms with E-state index in [0.29, 0.717) is 17.8 Å². The Morgan fingerprint density at radius 3 is 2.72 bits per heavy atom. The molecule has 1 aromatic carbocycles. The molecule has 1 unspecified atom stereocenters. The lowest BCUT2D eigenvalue weighted by Gasteiger charge is -2.23. The summed E-state index contributed by atoms with van der Waals surface area (Å²) in [6.45, 7) is 2.03. The van der Waals surface area contributed by atoms with Crippen molar-refractivity contribution in [1.29, 1.82) is 0 Å². The van der Waals surface area contributed by atoms with Crippen molar-refractivity contribution >= 4 is 11.6 Å². The lowest BCUT2D eigenvalue weighted by Crippen LogP contribution is -2.34. The number of carbonyl (C=O) groups is 1. The summed E-state index contributed by atoms with van der Waals surface area (Å²) in [5, 5.41) is 11.5. The number of nitrogens with zero attached hydrogens (tertiary/aromatic N) is 1. The smallest absolute Gasteiger partial charge is 0.224 e. The Balaban J connectivity index is 2.78. The van der Waals surface area contributed by atoms with Crippen LogP contribution in [0.5, 0.6) is 0 Å². The highest BCUT2D eigenvalue weighted by molar-refractivity contribution is 5.78. The molecule has 0 saturated heterocycles. The van der Waals surface area contributed by atoms with Gasteiger partial charge in [0.1, 0.15) is 5.82 Å². The zero-order valence-electron chi connectivity index (χ0n) is 10.9. The fourth-order valence-electron chi connectivity index (χ4n) is 1.80. The molecule has 4 nitrogen and oxygen atoms in total. The van der Waals surface area contributed by atoms with Crippen LogP contribution in [0.1, 0.15) is 12.5 Å². The van der Waals surface area contributed by atoms with Gasteiger partial charge in [0.15, 0.2) is 0 Å². The van der Waals surface area contributed by atoms with E-state index in [0.717, 1.165) is 0 Å². The molecule has 0 aromatic heterocycles. The Hall–Kier alpha value is -1.62. The fraction of sp³-hybridized carbons (Fsp3) is 0.462. The van der Waals surface area contributed by atoms with Crippen LogP contribution < -0.4 is 10.2 Å². The highest BCUT2D eigenvalue weighted by Crippen LogP contribution is 2.20. The van der Waals surface area contributed by atoms with Crippen molar-refractivity contribution in [3.63, 3.8) is 0 Å². The first kappa shape index (κ1) is 14.4. The third-order valence-corrected chi connectivity index (χ3v) is 2.85. The zero-order valence-corrected chi connectivity index (χ0v) is 10.9. The minimum atomic E-state index is -0.395. The maximum absolute atomic E-state index is 13.8. The van der Waals surface area contributed by atoms with Crippen LogP contribution in [0.3, 0.4) is 0 Å². The largest absolute Gasteiger partial charge is 0.392 e. The maximum Gasteiger partial charge on any atom is 0.224 e. The van der Waals surface area contributed by atoms with Crippen molar-refractivity contribution in [3.05, 3.63) is 29.6 Å². The summed E-state index contributed by atoms with van der Waals surface area (Å²) >= 11 is 0. The summed E-state index contributed by atoms with van der Waals surface area (Å²) in [5.41, 5.74) is 0.951. The van der Waals surface area contributed by atoms with E-state index in [1.165, 1.54) is 6.07 Å². The number of nitrogens with one attached hydrogen (secondary N) is 1. The van der Waals surface area contributed by atoms with Crippen LogP contribution in [0, 0.1) is 11.7 Å². The molecule has 0 saturated carbocycles. The first-order chi connectivity index (χ1) is 8.49. The summed E-state index contributed by atoms with van der Waals surface area (Å²) in [6, 6.07) is 4.58. The first-order valence-electron chi connectivity index (χ1n) is 5.81. The number of aliphatic hydroxyl groups is 1. The Labute approximate surface area is 106 Å².